The van der Waals surface area contributed by atoms with Crippen molar-refractivity contribution in [2.24, 2.45) is 5.10 Å². The van der Waals surface area contributed by atoms with Crippen LogP contribution < -0.4 is 5.43 Å². The molecule has 0 spiro atoms. The summed E-state index contributed by atoms with van der Waals surface area (Å²) in [6, 6.07) is 9.08. The van der Waals surface area contributed by atoms with Crippen LogP contribution in [-0.4, -0.2) is 16.5 Å². The van der Waals surface area contributed by atoms with Crippen LogP contribution >= 0.6 is 15.9 Å². The van der Waals surface area contributed by atoms with E-state index in [1.165, 1.54) is 18.2 Å². The van der Waals surface area contributed by atoms with Crippen LogP contribution in [0.25, 0.3) is 0 Å². The molecule has 1 N–H and O–H groups in total. The van der Waals surface area contributed by atoms with Gasteiger partial charge in [0.25, 0.3) is 5.69 Å². The van der Waals surface area contributed by atoms with Gasteiger partial charge >= 0.3 is 5.91 Å². The summed E-state index contributed by atoms with van der Waals surface area (Å²) in [4.78, 5) is 21.9. The third-order valence-corrected chi connectivity index (χ3v) is 3.02. The summed E-state index contributed by atoms with van der Waals surface area (Å²) in [7, 11) is 0. The average Bonchev–Trinajstić information content (AvgIpc) is 2.91. The molecule has 0 unspecified atom stereocenters. The number of halogens is 1. The number of furan rings is 1. The Hall–Kier alpha value is -2.48. The summed E-state index contributed by atoms with van der Waals surface area (Å²) in [5.74, 6) is -0.400. The maximum absolute atomic E-state index is 11.7. The topological polar surface area (TPSA) is 97.7 Å². The van der Waals surface area contributed by atoms with Crippen LogP contribution in [0.15, 0.2) is 50.6 Å². The summed E-state index contributed by atoms with van der Waals surface area (Å²) in [5, 5.41) is 14.6. The second-order valence-electron chi connectivity index (χ2n) is 4.05. The van der Waals surface area contributed by atoms with E-state index >= 15 is 0 Å². The van der Waals surface area contributed by atoms with E-state index in [9.17, 15) is 14.9 Å². The van der Waals surface area contributed by atoms with E-state index in [4.69, 9.17) is 4.42 Å². The molecule has 21 heavy (non-hydrogen) atoms. The van der Waals surface area contributed by atoms with E-state index in [1.54, 1.807) is 25.1 Å². The molecule has 0 aliphatic carbocycles. The van der Waals surface area contributed by atoms with Crippen LogP contribution in [-0.2, 0) is 0 Å². The van der Waals surface area contributed by atoms with Gasteiger partial charge in [-0.1, -0.05) is 12.1 Å². The standard InChI is InChI=1S/C13H10BrN3O4/c1-8(9-3-2-4-10(7-9)17(19)20)15-16-13(18)11-5-6-12(14)21-11/h2-7H,1H3,(H,16,18). The Labute approximate surface area is 127 Å². The minimum atomic E-state index is -0.509. The number of hydrogen-bond acceptors (Lipinski definition) is 5. The molecule has 2 aromatic rings. The fourth-order valence-corrected chi connectivity index (χ4v) is 1.84. The van der Waals surface area contributed by atoms with Crippen LogP contribution in [0.3, 0.4) is 0 Å². The zero-order valence-corrected chi connectivity index (χ0v) is 12.5. The number of amides is 1. The normalized spacial score (nSPS) is 11.2. The number of hydrogen-bond donors (Lipinski definition) is 1. The SMILES string of the molecule is CC(=NNC(=O)c1ccc(Br)o1)c1cccc([N+](=O)[O-])c1. The fourth-order valence-electron chi connectivity index (χ4n) is 1.54. The number of nitrogens with zero attached hydrogens (tertiary/aromatic N) is 2. The zero-order valence-electron chi connectivity index (χ0n) is 10.9. The molecule has 1 heterocycles. The molecule has 0 fully saturated rings. The highest BCUT2D eigenvalue weighted by Crippen LogP contribution is 2.15. The lowest BCUT2D eigenvalue weighted by Crippen LogP contribution is -2.18. The predicted molar refractivity (Wildman–Crippen MR) is 79.2 cm³/mol. The lowest BCUT2D eigenvalue weighted by Gasteiger charge is -2.01. The van der Waals surface area contributed by atoms with E-state index in [0.717, 1.165) is 0 Å². The Morgan fingerprint density at radius 2 is 2.14 bits per heavy atom. The van der Waals surface area contributed by atoms with E-state index in [1.807, 2.05) is 0 Å². The monoisotopic (exact) mass is 351 g/mol. The molecular weight excluding hydrogens is 342 g/mol. The molecule has 8 heteroatoms. The number of non-ortho nitro benzene ring substituents is 1. The molecule has 0 saturated carbocycles. The predicted octanol–water partition coefficient (Wildman–Crippen LogP) is 3.10. The van der Waals surface area contributed by atoms with Gasteiger partial charge in [-0.3, -0.25) is 14.9 Å². The number of nitro groups is 1. The number of benzene rings is 1. The van der Waals surface area contributed by atoms with Crippen molar-refractivity contribution in [2.45, 2.75) is 6.92 Å². The molecule has 0 aliphatic rings. The number of carbonyl (C=O) groups excluding carboxylic acids is 1. The van der Waals surface area contributed by atoms with Gasteiger partial charge in [0.05, 0.1) is 10.6 Å². The molecule has 108 valence electrons. The van der Waals surface area contributed by atoms with Crippen LogP contribution in [0.2, 0.25) is 0 Å². The van der Waals surface area contributed by atoms with Gasteiger partial charge in [0, 0.05) is 17.7 Å². The molecule has 2 rings (SSSR count). The molecule has 1 aromatic carbocycles. The van der Waals surface area contributed by atoms with Crippen molar-refractivity contribution in [2.75, 3.05) is 0 Å². The van der Waals surface area contributed by atoms with Crippen molar-refractivity contribution >= 4 is 33.2 Å². The van der Waals surface area contributed by atoms with Gasteiger partial charge in [0.1, 0.15) is 0 Å². The van der Waals surface area contributed by atoms with Crippen molar-refractivity contribution in [1.82, 2.24) is 5.43 Å². The van der Waals surface area contributed by atoms with Gasteiger partial charge in [0.15, 0.2) is 10.4 Å². The second kappa shape index (κ2) is 6.31. The van der Waals surface area contributed by atoms with E-state index in [2.05, 4.69) is 26.5 Å². The highest BCUT2D eigenvalue weighted by atomic mass is 79.9. The largest absolute Gasteiger partial charge is 0.444 e. The first-order valence-corrected chi connectivity index (χ1v) is 6.61. The van der Waals surface area contributed by atoms with Gasteiger partial charge in [-0.25, -0.2) is 5.43 Å². The summed E-state index contributed by atoms with van der Waals surface area (Å²) >= 11 is 3.09. The number of rotatable bonds is 4. The Kier molecular flexibility index (Phi) is 4.49. The third-order valence-electron chi connectivity index (χ3n) is 2.60. The van der Waals surface area contributed by atoms with Crippen LogP contribution in [0.1, 0.15) is 23.0 Å². The highest BCUT2D eigenvalue weighted by Gasteiger charge is 2.11. The number of carbonyl (C=O) groups is 1. The molecule has 1 amide bonds. The lowest BCUT2D eigenvalue weighted by atomic mass is 10.1. The molecule has 1 aromatic heterocycles. The Morgan fingerprint density at radius 1 is 1.38 bits per heavy atom. The third kappa shape index (κ3) is 3.76. The van der Waals surface area contributed by atoms with Gasteiger partial charge < -0.3 is 4.42 Å². The Balaban J connectivity index is 2.12. The van der Waals surface area contributed by atoms with Crippen LogP contribution in [0.5, 0.6) is 0 Å². The van der Waals surface area contributed by atoms with Gasteiger partial charge in [-0.15, -0.1) is 0 Å². The molecule has 0 bridgehead atoms. The maximum atomic E-state index is 11.7. The second-order valence-corrected chi connectivity index (χ2v) is 4.83. The summed E-state index contributed by atoms with van der Waals surface area (Å²) in [6.45, 7) is 1.64. The molecule has 7 nitrogen and oxygen atoms in total. The van der Waals surface area contributed by atoms with Gasteiger partial charge in [0.2, 0.25) is 0 Å². The maximum Gasteiger partial charge on any atom is 0.307 e. The Bertz CT molecular complexity index is 724. The molecule has 0 radical (unpaired) electrons. The van der Waals surface area contributed by atoms with Crippen molar-refractivity contribution in [3.63, 3.8) is 0 Å². The summed E-state index contributed by atoms with van der Waals surface area (Å²) in [6.07, 6.45) is 0. The summed E-state index contributed by atoms with van der Waals surface area (Å²) < 4.78 is 5.52. The Morgan fingerprint density at radius 3 is 2.76 bits per heavy atom. The van der Waals surface area contributed by atoms with E-state index in [0.29, 0.717) is 15.9 Å². The average molecular weight is 352 g/mol. The number of hydrazone groups is 1. The first-order valence-electron chi connectivity index (χ1n) is 5.82. The smallest absolute Gasteiger partial charge is 0.307 e. The molecule has 0 saturated heterocycles. The molecule has 0 aliphatic heterocycles. The van der Waals surface area contributed by atoms with Crippen LogP contribution in [0, 0.1) is 10.1 Å². The van der Waals surface area contributed by atoms with E-state index in [-0.39, 0.29) is 11.4 Å². The number of nitrogens with one attached hydrogen (secondary N) is 1. The molecular formula is C13H10BrN3O4. The zero-order chi connectivity index (χ0) is 15.4. The van der Waals surface area contributed by atoms with Crippen molar-refractivity contribution in [3.05, 3.63) is 62.5 Å². The first-order chi connectivity index (χ1) is 9.97. The quantitative estimate of drug-likeness (QED) is 0.519. The van der Waals surface area contributed by atoms with Crippen molar-refractivity contribution in [1.29, 1.82) is 0 Å². The minimum Gasteiger partial charge on any atom is -0.444 e. The van der Waals surface area contributed by atoms with Crippen molar-refractivity contribution in [3.8, 4) is 0 Å². The number of nitro benzene ring substituents is 1. The van der Waals surface area contributed by atoms with Gasteiger partial charge in [-0.2, -0.15) is 5.10 Å². The highest BCUT2D eigenvalue weighted by molar-refractivity contribution is 9.10. The van der Waals surface area contributed by atoms with Crippen molar-refractivity contribution < 1.29 is 14.1 Å². The van der Waals surface area contributed by atoms with E-state index < -0.39 is 10.8 Å². The minimum absolute atomic E-state index is 0.0386. The molecule has 0 atom stereocenters. The van der Waals surface area contributed by atoms with Crippen LogP contribution in [0.4, 0.5) is 5.69 Å². The summed E-state index contributed by atoms with van der Waals surface area (Å²) in [5.41, 5.74) is 3.27. The van der Waals surface area contributed by atoms with Gasteiger partial charge in [-0.05, 0) is 35.0 Å². The first kappa shape index (κ1) is 14.9. The fraction of sp³-hybridized carbons (Fsp3) is 0.0769. The lowest BCUT2D eigenvalue weighted by molar-refractivity contribution is -0.384.